The van der Waals surface area contributed by atoms with Crippen LogP contribution in [0.4, 0.5) is 0 Å². The van der Waals surface area contributed by atoms with Crippen LogP contribution in [0, 0.1) is 5.41 Å². The molecular formula is C17H23N3O3. The van der Waals surface area contributed by atoms with Gasteiger partial charge < -0.3 is 20.1 Å². The second-order valence-corrected chi connectivity index (χ2v) is 6.36. The molecule has 0 amide bonds. The zero-order valence-electron chi connectivity index (χ0n) is 13.7. The lowest BCUT2D eigenvalue weighted by molar-refractivity contribution is 0.0697. The van der Waals surface area contributed by atoms with Crippen molar-refractivity contribution in [2.24, 2.45) is 12.5 Å². The molecule has 0 bridgehead atoms. The number of carboxylic acid groups (broad SMARTS) is 1. The van der Waals surface area contributed by atoms with Crippen LogP contribution in [0.2, 0.25) is 0 Å². The number of nitrogens with one attached hydrogen (secondary N) is 1. The van der Waals surface area contributed by atoms with E-state index in [1.54, 1.807) is 30.5 Å². The molecule has 0 aliphatic rings. The van der Waals surface area contributed by atoms with Gasteiger partial charge in [0.15, 0.2) is 0 Å². The third kappa shape index (κ3) is 3.97. The number of aromatic nitrogens is 2. The fourth-order valence-corrected chi connectivity index (χ4v) is 2.45. The van der Waals surface area contributed by atoms with E-state index in [1.165, 1.54) is 0 Å². The Morgan fingerprint density at radius 1 is 1.35 bits per heavy atom. The Hall–Kier alpha value is -2.18. The van der Waals surface area contributed by atoms with Gasteiger partial charge in [0.1, 0.15) is 5.82 Å². The number of aromatic carboxylic acids is 1. The number of aliphatic hydroxyl groups is 1. The third-order valence-corrected chi connectivity index (χ3v) is 4.02. The van der Waals surface area contributed by atoms with Crippen molar-refractivity contribution in [1.82, 2.24) is 14.9 Å². The molecule has 2 rings (SSSR count). The zero-order valence-corrected chi connectivity index (χ0v) is 13.7. The Labute approximate surface area is 135 Å². The zero-order chi connectivity index (χ0) is 17.0. The molecule has 6 heteroatoms. The number of aryl methyl sites for hydroxylation is 1. The highest BCUT2D eigenvalue weighted by Gasteiger charge is 2.32. The molecule has 2 aromatic rings. The molecule has 1 aromatic carbocycles. The normalized spacial score (nSPS) is 13.0. The van der Waals surface area contributed by atoms with E-state index in [1.807, 2.05) is 31.7 Å². The summed E-state index contributed by atoms with van der Waals surface area (Å²) in [5.74, 6) is -0.0805. The molecule has 0 spiro atoms. The lowest BCUT2D eigenvalue weighted by atomic mass is 9.84. The molecule has 0 saturated heterocycles. The van der Waals surface area contributed by atoms with Crippen LogP contribution in [0.25, 0.3) is 0 Å². The van der Waals surface area contributed by atoms with Gasteiger partial charge in [0.05, 0.1) is 18.2 Å². The maximum atomic E-state index is 10.9. The quantitative estimate of drug-likeness (QED) is 0.727. The summed E-state index contributed by atoms with van der Waals surface area (Å²) < 4.78 is 1.93. The van der Waals surface area contributed by atoms with Crippen molar-refractivity contribution in [2.75, 3.05) is 6.61 Å². The summed E-state index contributed by atoms with van der Waals surface area (Å²) in [7, 11) is 1.92. The minimum absolute atomic E-state index is 0.0233. The molecule has 1 atom stereocenters. The van der Waals surface area contributed by atoms with Crippen molar-refractivity contribution in [3.05, 3.63) is 53.6 Å². The fraction of sp³-hybridized carbons (Fsp3) is 0.412. The summed E-state index contributed by atoms with van der Waals surface area (Å²) in [6, 6.07) is 6.63. The second-order valence-electron chi connectivity index (χ2n) is 6.36. The molecule has 3 N–H and O–H groups in total. The highest BCUT2D eigenvalue weighted by Crippen LogP contribution is 2.32. The number of carbonyl (C=O) groups is 1. The third-order valence-electron chi connectivity index (χ3n) is 4.02. The summed E-state index contributed by atoms with van der Waals surface area (Å²) in [5, 5.41) is 22.1. The largest absolute Gasteiger partial charge is 0.478 e. The topological polar surface area (TPSA) is 87.4 Å². The molecule has 0 aliphatic heterocycles. The van der Waals surface area contributed by atoms with Gasteiger partial charge in [-0.05, 0) is 17.7 Å². The van der Waals surface area contributed by atoms with Crippen LogP contribution in [-0.2, 0) is 13.6 Å². The van der Waals surface area contributed by atoms with Crippen LogP contribution in [0.1, 0.15) is 41.6 Å². The number of hydrogen-bond acceptors (Lipinski definition) is 4. The summed E-state index contributed by atoms with van der Waals surface area (Å²) in [6.07, 6.45) is 3.61. The van der Waals surface area contributed by atoms with E-state index in [9.17, 15) is 9.90 Å². The average molecular weight is 317 g/mol. The van der Waals surface area contributed by atoms with Crippen molar-refractivity contribution >= 4 is 5.97 Å². The predicted molar refractivity (Wildman–Crippen MR) is 87.1 cm³/mol. The van der Waals surface area contributed by atoms with Gasteiger partial charge in [0.25, 0.3) is 0 Å². The summed E-state index contributed by atoms with van der Waals surface area (Å²) in [5.41, 5.74) is 0.855. The smallest absolute Gasteiger partial charge is 0.335 e. The first kappa shape index (κ1) is 17.2. The van der Waals surface area contributed by atoms with Gasteiger partial charge in [-0.3, -0.25) is 0 Å². The lowest BCUT2D eigenvalue weighted by Gasteiger charge is -2.33. The fourth-order valence-electron chi connectivity index (χ4n) is 2.45. The van der Waals surface area contributed by atoms with Crippen molar-refractivity contribution < 1.29 is 15.0 Å². The van der Waals surface area contributed by atoms with Crippen molar-refractivity contribution in [1.29, 1.82) is 0 Å². The number of carboxylic acids is 1. The first-order chi connectivity index (χ1) is 10.8. The van der Waals surface area contributed by atoms with Crippen molar-refractivity contribution in [2.45, 2.75) is 26.4 Å². The maximum absolute atomic E-state index is 10.9. The van der Waals surface area contributed by atoms with Gasteiger partial charge in [0, 0.05) is 31.4 Å². The minimum atomic E-state index is -0.934. The monoisotopic (exact) mass is 317 g/mol. The predicted octanol–water partition coefficient (Wildman–Crippen LogP) is 1.97. The molecule has 1 unspecified atom stereocenters. The van der Waals surface area contributed by atoms with Crippen LogP contribution in [-0.4, -0.2) is 32.3 Å². The number of aliphatic hydroxyl groups excluding tert-OH is 1. The highest BCUT2D eigenvalue weighted by molar-refractivity contribution is 5.87. The Bertz CT molecular complexity index is 662. The lowest BCUT2D eigenvalue weighted by Crippen LogP contribution is -2.38. The van der Waals surface area contributed by atoms with E-state index in [4.69, 9.17) is 5.11 Å². The van der Waals surface area contributed by atoms with E-state index in [2.05, 4.69) is 10.3 Å². The molecule has 6 nitrogen and oxygen atoms in total. The molecule has 124 valence electrons. The van der Waals surface area contributed by atoms with Gasteiger partial charge in [-0.2, -0.15) is 0 Å². The molecule has 0 fully saturated rings. The van der Waals surface area contributed by atoms with Crippen molar-refractivity contribution in [3.63, 3.8) is 0 Å². The Morgan fingerprint density at radius 3 is 2.48 bits per heavy atom. The minimum Gasteiger partial charge on any atom is -0.478 e. The first-order valence-electron chi connectivity index (χ1n) is 7.49. The number of benzene rings is 1. The van der Waals surface area contributed by atoms with Crippen LogP contribution >= 0.6 is 0 Å². The second kappa shape index (κ2) is 6.93. The Morgan fingerprint density at radius 2 is 2.00 bits per heavy atom. The SMILES string of the molecule is Cn1ccnc1C(NCc1ccc(C(=O)O)cc1)C(C)(C)CO. The van der Waals surface area contributed by atoms with E-state index in [-0.39, 0.29) is 23.6 Å². The highest BCUT2D eigenvalue weighted by atomic mass is 16.4. The average Bonchev–Trinajstić information content (AvgIpc) is 2.94. The van der Waals surface area contributed by atoms with E-state index >= 15 is 0 Å². The van der Waals surface area contributed by atoms with Gasteiger partial charge in [-0.25, -0.2) is 9.78 Å². The summed E-state index contributed by atoms with van der Waals surface area (Å²) >= 11 is 0. The number of hydrogen-bond donors (Lipinski definition) is 3. The van der Waals surface area contributed by atoms with Gasteiger partial charge >= 0.3 is 5.97 Å². The summed E-state index contributed by atoms with van der Waals surface area (Å²) in [4.78, 5) is 15.3. The molecule has 0 aliphatic carbocycles. The molecule has 1 aromatic heterocycles. The van der Waals surface area contributed by atoms with Gasteiger partial charge in [-0.15, -0.1) is 0 Å². The molecule has 1 heterocycles. The number of nitrogens with zero attached hydrogens (tertiary/aromatic N) is 2. The number of rotatable bonds is 7. The molecule has 0 radical (unpaired) electrons. The Balaban J connectivity index is 2.16. The van der Waals surface area contributed by atoms with Gasteiger partial charge in [0.2, 0.25) is 0 Å². The molecule has 0 saturated carbocycles. The van der Waals surface area contributed by atoms with Crippen LogP contribution in [0.15, 0.2) is 36.7 Å². The van der Waals surface area contributed by atoms with Gasteiger partial charge in [-0.1, -0.05) is 26.0 Å². The molecular weight excluding hydrogens is 294 g/mol. The maximum Gasteiger partial charge on any atom is 0.335 e. The number of imidazole rings is 1. The van der Waals surface area contributed by atoms with Crippen LogP contribution in [0.5, 0.6) is 0 Å². The standard InChI is InChI=1S/C17H23N3O3/c1-17(2,11-21)14(15-18-8-9-20(15)3)19-10-12-4-6-13(7-5-12)16(22)23/h4-9,14,19,21H,10-11H2,1-3H3,(H,22,23). The molecule has 23 heavy (non-hydrogen) atoms. The van der Waals surface area contributed by atoms with Crippen molar-refractivity contribution in [3.8, 4) is 0 Å². The van der Waals surface area contributed by atoms with Crippen LogP contribution < -0.4 is 5.32 Å². The summed E-state index contributed by atoms with van der Waals surface area (Å²) in [6.45, 7) is 4.54. The van der Waals surface area contributed by atoms with E-state index in [0.717, 1.165) is 11.4 Å². The first-order valence-corrected chi connectivity index (χ1v) is 7.49. The van der Waals surface area contributed by atoms with Crippen LogP contribution in [0.3, 0.4) is 0 Å². The Kier molecular flexibility index (Phi) is 5.18. The van der Waals surface area contributed by atoms with E-state index < -0.39 is 5.97 Å². The van der Waals surface area contributed by atoms with E-state index in [0.29, 0.717) is 6.54 Å².